The lowest BCUT2D eigenvalue weighted by Crippen LogP contribution is -2.63. The number of carbonyl (C=O) groups excluding carboxylic acids is 1. The molecule has 0 radical (unpaired) electrons. The van der Waals surface area contributed by atoms with Gasteiger partial charge < -0.3 is 15.4 Å². The zero-order valence-electron chi connectivity index (χ0n) is 16.3. The molecule has 1 aromatic heterocycles. The minimum Gasteiger partial charge on any atom is -0.381 e. The Bertz CT molecular complexity index is 675. The van der Waals surface area contributed by atoms with Crippen molar-refractivity contribution in [2.45, 2.75) is 56.9 Å². The van der Waals surface area contributed by atoms with Crippen LogP contribution in [0.15, 0.2) is 6.07 Å². The molecule has 7 heteroatoms. The predicted octanol–water partition coefficient (Wildman–Crippen LogP) is 1.60. The Balaban J connectivity index is 1.50. The highest BCUT2D eigenvalue weighted by molar-refractivity contribution is 5.85. The minimum atomic E-state index is -0.485. The van der Waals surface area contributed by atoms with Crippen LogP contribution in [0.2, 0.25) is 0 Å². The predicted molar refractivity (Wildman–Crippen MR) is 104 cm³/mol. The lowest BCUT2D eigenvalue weighted by Gasteiger charge is -2.48. The summed E-state index contributed by atoms with van der Waals surface area (Å²) in [5.41, 5.74) is 6.51. The van der Waals surface area contributed by atoms with Crippen molar-refractivity contribution >= 4 is 11.7 Å². The minimum absolute atomic E-state index is 0.160. The summed E-state index contributed by atoms with van der Waals surface area (Å²) >= 11 is 0. The van der Waals surface area contributed by atoms with Gasteiger partial charge in [0.1, 0.15) is 17.2 Å². The van der Waals surface area contributed by atoms with Crippen molar-refractivity contribution in [1.29, 1.82) is 0 Å². The first-order valence-electron chi connectivity index (χ1n) is 10.3. The lowest BCUT2D eigenvalue weighted by molar-refractivity contribution is -0.132. The van der Waals surface area contributed by atoms with E-state index in [-0.39, 0.29) is 5.91 Å². The first-order chi connectivity index (χ1) is 13.1. The molecule has 0 saturated carbocycles. The summed E-state index contributed by atoms with van der Waals surface area (Å²) in [5.74, 6) is 1.98. The summed E-state index contributed by atoms with van der Waals surface area (Å²) in [7, 11) is 0. The average molecular weight is 374 g/mol. The van der Waals surface area contributed by atoms with Crippen molar-refractivity contribution in [3.8, 4) is 0 Å². The van der Waals surface area contributed by atoms with Crippen molar-refractivity contribution in [3.63, 3.8) is 0 Å². The van der Waals surface area contributed by atoms with Crippen LogP contribution in [0.25, 0.3) is 0 Å². The monoisotopic (exact) mass is 373 g/mol. The van der Waals surface area contributed by atoms with Gasteiger partial charge in [-0.3, -0.25) is 9.69 Å². The number of hydrogen-bond donors (Lipinski definition) is 1. The second-order valence-corrected chi connectivity index (χ2v) is 8.19. The maximum atomic E-state index is 12.4. The number of ether oxygens (including phenoxy) is 1. The van der Waals surface area contributed by atoms with Crippen LogP contribution < -0.4 is 10.6 Å². The highest BCUT2D eigenvalue weighted by atomic mass is 16.5. The summed E-state index contributed by atoms with van der Waals surface area (Å²) in [6, 6.07) is 2.12. The van der Waals surface area contributed by atoms with Gasteiger partial charge in [-0.25, -0.2) is 9.97 Å². The molecule has 3 saturated heterocycles. The second-order valence-electron chi connectivity index (χ2n) is 8.19. The number of aryl methyl sites for hydroxylation is 1. The third-order valence-electron chi connectivity index (χ3n) is 6.53. The van der Waals surface area contributed by atoms with E-state index in [0.717, 1.165) is 88.8 Å². The molecule has 0 aromatic carbocycles. The molecule has 27 heavy (non-hydrogen) atoms. The van der Waals surface area contributed by atoms with E-state index in [0.29, 0.717) is 5.92 Å². The third kappa shape index (κ3) is 3.67. The summed E-state index contributed by atoms with van der Waals surface area (Å²) in [6.07, 6.45) is 6.15. The lowest BCUT2D eigenvalue weighted by atomic mass is 9.83. The Hall–Kier alpha value is -1.73. The third-order valence-corrected chi connectivity index (χ3v) is 6.53. The molecule has 1 aromatic rings. The summed E-state index contributed by atoms with van der Waals surface area (Å²) < 4.78 is 5.53. The number of nitrogens with zero attached hydrogens (tertiary/aromatic N) is 4. The number of piperidine rings is 2. The fourth-order valence-electron chi connectivity index (χ4n) is 4.86. The summed E-state index contributed by atoms with van der Waals surface area (Å²) in [5, 5.41) is 0. The van der Waals surface area contributed by atoms with E-state index in [2.05, 4.69) is 25.8 Å². The molecule has 1 amide bonds. The molecule has 3 fully saturated rings. The van der Waals surface area contributed by atoms with E-state index in [4.69, 9.17) is 10.5 Å². The summed E-state index contributed by atoms with van der Waals surface area (Å²) in [6.45, 7) is 7.09. The molecule has 0 bridgehead atoms. The van der Waals surface area contributed by atoms with Gasteiger partial charge in [-0.2, -0.15) is 0 Å². The zero-order valence-corrected chi connectivity index (χ0v) is 16.3. The molecular formula is C20H31N5O2. The van der Waals surface area contributed by atoms with Crippen LogP contribution in [0.1, 0.15) is 56.0 Å². The molecule has 2 N–H and O–H groups in total. The molecule has 4 heterocycles. The van der Waals surface area contributed by atoms with Crippen molar-refractivity contribution in [2.75, 3.05) is 44.3 Å². The molecule has 148 valence electrons. The van der Waals surface area contributed by atoms with Crippen LogP contribution in [0.4, 0.5) is 5.82 Å². The molecule has 1 atom stereocenters. The van der Waals surface area contributed by atoms with Gasteiger partial charge in [0.05, 0.1) is 12.3 Å². The van der Waals surface area contributed by atoms with E-state index < -0.39 is 5.54 Å². The number of likely N-dealkylation sites (tertiary alicyclic amines) is 1. The van der Waals surface area contributed by atoms with Crippen molar-refractivity contribution in [2.24, 2.45) is 5.73 Å². The SMILES string of the molecule is Cc1nc(C2CCOC2)cc(N2CCC(C(N)=O)(N3CCCCC3)CC2)n1. The van der Waals surface area contributed by atoms with Crippen LogP contribution in [0, 0.1) is 6.92 Å². The molecule has 3 aliphatic rings. The standard InChI is InChI=1S/C20H31N5O2/c1-15-22-17(16-5-12-27-14-16)13-18(23-15)24-10-6-20(7-11-24,19(21)26)25-8-3-2-4-9-25/h13,16H,2-12,14H2,1H3,(H2,21,26). The number of hydrogen-bond acceptors (Lipinski definition) is 6. The average Bonchev–Trinajstić information content (AvgIpc) is 3.23. The molecule has 3 aliphatic heterocycles. The number of nitrogens with two attached hydrogens (primary N) is 1. The van der Waals surface area contributed by atoms with Gasteiger partial charge in [0.2, 0.25) is 5.91 Å². The van der Waals surface area contributed by atoms with Gasteiger partial charge in [-0.1, -0.05) is 6.42 Å². The Labute approximate surface area is 161 Å². The van der Waals surface area contributed by atoms with E-state index in [9.17, 15) is 4.79 Å². The van der Waals surface area contributed by atoms with Gasteiger partial charge in [0.15, 0.2) is 0 Å². The quantitative estimate of drug-likeness (QED) is 0.863. The van der Waals surface area contributed by atoms with E-state index in [1.165, 1.54) is 6.42 Å². The van der Waals surface area contributed by atoms with Crippen molar-refractivity contribution in [1.82, 2.24) is 14.9 Å². The van der Waals surface area contributed by atoms with Crippen LogP contribution in [-0.2, 0) is 9.53 Å². The Kier molecular flexibility index (Phi) is 5.32. The molecule has 1 unspecified atom stereocenters. The number of aromatic nitrogens is 2. The van der Waals surface area contributed by atoms with Gasteiger partial charge in [0.25, 0.3) is 0 Å². The van der Waals surface area contributed by atoms with Crippen molar-refractivity contribution in [3.05, 3.63) is 17.6 Å². The van der Waals surface area contributed by atoms with Gasteiger partial charge in [0, 0.05) is 31.7 Å². The van der Waals surface area contributed by atoms with Crippen LogP contribution >= 0.6 is 0 Å². The van der Waals surface area contributed by atoms with Crippen molar-refractivity contribution < 1.29 is 9.53 Å². The first kappa shape index (κ1) is 18.6. The fourth-order valence-corrected chi connectivity index (χ4v) is 4.86. The van der Waals surface area contributed by atoms with E-state index in [1.54, 1.807) is 0 Å². The number of anilines is 1. The highest BCUT2D eigenvalue weighted by Gasteiger charge is 2.45. The Morgan fingerprint density at radius 2 is 1.93 bits per heavy atom. The van der Waals surface area contributed by atoms with Gasteiger partial charge in [-0.15, -0.1) is 0 Å². The zero-order chi connectivity index (χ0) is 18.9. The Morgan fingerprint density at radius 3 is 2.56 bits per heavy atom. The first-order valence-corrected chi connectivity index (χ1v) is 10.3. The topological polar surface area (TPSA) is 84.6 Å². The number of carbonyl (C=O) groups is 1. The number of rotatable bonds is 4. The number of amides is 1. The largest absolute Gasteiger partial charge is 0.381 e. The molecule has 4 rings (SSSR count). The number of primary amides is 1. The normalized spacial score (nSPS) is 26.3. The van der Waals surface area contributed by atoms with Crippen LogP contribution in [-0.4, -0.2) is 65.7 Å². The fraction of sp³-hybridized carbons (Fsp3) is 0.750. The van der Waals surface area contributed by atoms with Crippen LogP contribution in [0.5, 0.6) is 0 Å². The van der Waals surface area contributed by atoms with Crippen LogP contribution in [0.3, 0.4) is 0 Å². The van der Waals surface area contributed by atoms with E-state index in [1.807, 2.05) is 6.92 Å². The van der Waals surface area contributed by atoms with Gasteiger partial charge in [-0.05, 0) is 52.1 Å². The maximum Gasteiger partial charge on any atom is 0.238 e. The Morgan fingerprint density at radius 1 is 1.19 bits per heavy atom. The highest BCUT2D eigenvalue weighted by Crippen LogP contribution is 2.34. The maximum absolute atomic E-state index is 12.4. The van der Waals surface area contributed by atoms with Gasteiger partial charge >= 0.3 is 0 Å². The second kappa shape index (κ2) is 7.72. The van der Waals surface area contributed by atoms with E-state index >= 15 is 0 Å². The molecule has 0 aliphatic carbocycles. The molecule has 7 nitrogen and oxygen atoms in total. The summed E-state index contributed by atoms with van der Waals surface area (Å²) in [4.78, 5) is 26.4. The smallest absolute Gasteiger partial charge is 0.238 e. The molecular weight excluding hydrogens is 342 g/mol. The molecule has 0 spiro atoms.